The van der Waals surface area contributed by atoms with Gasteiger partial charge in [0, 0.05) is 24.1 Å². The summed E-state index contributed by atoms with van der Waals surface area (Å²) in [6.45, 7) is 13.4. The minimum atomic E-state index is -1.48. The molecule has 1 aromatic carbocycles. The molecular formula is C36H44N8O4. The lowest BCUT2D eigenvalue weighted by molar-refractivity contribution is -0.111. The number of aromatic nitrogens is 4. The topological polar surface area (TPSA) is 143 Å². The van der Waals surface area contributed by atoms with Crippen LogP contribution in [0.25, 0.3) is 5.65 Å². The molecule has 3 heterocycles. The van der Waals surface area contributed by atoms with Gasteiger partial charge in [0.15, 0.2) is 11.9 Å². The predicted molar refractivity (Wildman–Crippen MR) is 184 cm³/mol. The van der Waals surface area contributed by atoms with Crippen molar-refractivity contribution in [2.75, 3.05) is 32.5 Å². The van der Waals surface area contributed by atoms with Crippen LogP contribution in [-0.4, -0.2) is 69.9 Å². The second-order valence-corrected chi connectivity index (χ2v) is 14.4. The van der Waals surface area contributed by atoms with Crippen molar-refractivity contribution < 1.29 is 19.1 Å². The number of nitrogens with zero attached hydrogens (tertiary/aromatic N) is 5. The zero-order chi connectivity index (χ0) is 34.9. The Bertz CT molecular complexity index is 1870. The van der Waals surface area contributed by atoms with Crippen LogP contribution in [0, 0.1) is 0 Å². The van der Waals surface area contributed by atoms with Crippen LogP contribution in [0.3, 0.4) is 0 Å². The van der Waals surface area contributed by atoms with Gasteiger partial charge in [-0.15, -0.1) is 10.2 Å². The molecule has 2 atom stereocenters. The Kier molecular flexibility index (Phi) is 9.41. The van der Waals surface area contributed by atoms with Gasteiger partial charge in [-0.05, 0) is 67.1 Å². The molecule has 0 spiro atoms. The Balaban J connectivity index is 1.39. The fourth-order valence-corrected chi connectivity index (χ4v) is 5.46. The van der Waals surface area contributed by atoms with E-state index < -0.39 is 17.7 Å². The van der Waals surface area contributed by atoms with Gasteiger partial charge in [-0.1, -0.05) is 65.8 Å². The maximum absolute atomic E-state index is 13.5. The number of carbonyl (C=O) groups is 3. The molecule has 3 N–H and O–H groups in total. The van der Waals surface area contributed by atoms with E-state index in [-0.39, 0.29) is 28.2 Å². The van der Waals surface area contributed by atoms with Gasteiger partial charge in [-0.3, -0.25) is 19.3 Å². The van der Waals surface area contributed by atoms with Gasteiger partial charge in [-0.25, -0.2) is 9.78 Å². The van der Waals surface area contributed by atoms with Gasteiger partial charge in [0.1, 0.15) is 34.7 Å². The van der Waals surface area contributed by atoms with Crippen molar-refractivity contribution in [1.82, 2.24) is 35.1 Å². The highest BCUT2D eigenvalue weighted by Gasteiger charge is 2.38. The molecule has 0 saturated heterocycles. The molecule has 1 aliphatic rings. The second-order valence-electron chi connectivity index (χ2n) is 14.4. The first-order valence-electron chi connectivity index (χ1n) is 15.9. The fourth-order valence-electron chi connectivity index (χ4n) is 5.46. The van der Waals surface area contributed by atoms with Crippen LogP contribution in [-0.2, 0) is 21.2 Å². The van der Waals surface area contributed by atoms with Gasteiger partial charge in [0.2, 0.25) is 0 Å². The minimum absolute atomic E-state index is 0.184. The van der Waals surface area contributed by atoms with Crippen LogP contribution in [0.2, 0.25) is 0 Å². The van der Waals surface area contributed by atoms with E-state index in [2.05, 4.69) is 51.9 Å². The average Bonchev–Trinajstić information content (AvgIpc) is 3.46. The summed E-state index contributed by atoms with van der Waals surface area (Å²) in [6.07, 6.45) is 5.40. The van der Waals surface area contributed by atoms with E-state index in [9.17, 15) is 14.4 Å². The smallest absolute Gasteiger partial charge is 0.321 e. The van der Waals surface area contributed by atoms with E-state index >= 15 is 0 Å². The predicted octanol–water partition coefficient (Wildman–Crippen LogP) is 4.92. The van der Waals surface area contributed by atoms with Crippen molar-refractivity contribution in [3.8, 4) is 5.75 Å². The van der Waals surface area contributed by atoms with E-state index in [1.165, 1.54) is 0 Å². The summed E-state index contributed by atoms with van der Waals surface area (Å²) in [4.78, 5) is 45.7. The summed E-state index contributed by atoms with van der Waals surface area (Å²) < 4.78 is 8.34. The molecule has 0 fully saturated rings. The fraction of sp³-hybridized carbons (Fsp3) is 0.389. The van der Waals surface area contributed by atoms with Crippen molar-refractivity contribution in [3.05, 3.63) is 95.1 Å². The number of likely N-dealkylation sites (N-methyl/N-ethyl adjacent to an activating group) is 1. The van der Waals surface area contributed by atoms with E-state index in [0.29, 0.717) is 36.3 Å². The number of urea groups is 1. The number of anilines is 1. The van der Waals surface area contributed by atoms with E-state index in [0.717, 1.165) is 17.0 Å². The first-order valence-corrected chi connectivity index (χ1v) is 15.9. The molecule has 5 rings (SSSR count). The monoisotopic (exact) mass is 652 g/mol. The number of rotatable bonds is 9. The number of benzene rings is 1. The molecule has 1 aliphatic carbocycles. The standard InChI is InChI=1S/C36H44N8O4/c1-34(2,3)23-19-27(31(46)37-17-18-43(7)8)38-29(20-23)39-33(47)40-36(22-45)16-15-28(25-11-9-10-12-26(25)36)48-24-13-14-30-41-42-32(35(4,5)6)44(30)21-24/h9-16,19-22,28H,17-18H2,1-8H3,(H,37,46)(H2,38,39,40,47)/t28-,36-/m1/s1. The molecule has 12 heteroatoms. The van der Waals surface area contributed by atoms with Crippen molar-refractivity contribution in [2.24, 2.45) is 0 Å². The first-order chi connectivity index (χ1) is 22.6. The lowest BCUT2D eigenvalue weighted by atomic mass is 9.81. The molecule has 0 unspecified atom stereocenters. The lowest BCUT2D eigenvalue weighted by Gasteiger charge is -2.34. The van der Waals surface area contributed by atoms with Crippen LogP contribution in [0.15, 0.2) is 66.9 Å². The summed E-state index contributed by atoms with van der Waals surface area (Å²) in [5.74, 6) is 1.24. The molecule has 0 saturated carbocycles. The molecule has 4 aromatic rings. The van der Waals surface area contributed by atoms with Gasteiger partial charge in [0.05, 0.1) is 6.20 Å². The summed E-state index contributed by atoms with van der Waals surface area (Å²) in [5.41, 5.74) is 0.966. The Morgan fingerprint density at radius 1 is 1.02 bits per heavy atom. The number of aldehydes is 1. The third kappa shape index (κ3) is 7.38. The van der Waals surface area contributed by atoms with Gasteiger partial charge in [0.25, 0.3) is 5.91 Å². The lowest BCUT2D eigenvalue weighted by Crippen LogP contribution is -2.49. The summed E-state index contributed by atoms with van der Waals surface area (Å²) in [6, 6.07) is 13.8. The van der Waals surface area contributed by atoms with E-state index in [1.807, 2.05) is 74.6 Å². The molecule has 0 radical (unpaired) electrons. The number of nitrogens with one attached hydrogen (secondary N) is 3. The number of amides is 3. The Morgan fingerprint density at radius 3 is 2.46 bits per heavy atom. The first kappa shape index (κ1) is 34.2. The van der Waals surface area contributed by atoms with Crippen molar-refractivity contribution in [3.63, 3.8) is 0 Å². The number of ether oxygens (including phenoxy) is 1. The molecule has 3 amide bonds. The van der Waals surface area contributed by atoms with Crippen LogP contribution in [0.5, 0.6) is 5.75 Å². The third-order valence-corrected chi connectivity index (χ3v) is 8.07. The van der Waals surface area contributed by atoms with Gasteiger partial charge >= 0.3 is 6.03 Å². The molecule has 12 nitrogen and oxygen atoms in total. The highest BCUT2D eigenvalue weighted by molar-refractivity contribution is 5.95. The normalized spacial score (nSPS) is 17.6. The Hall–Kier alpha value is -5.10. The summed E-state index contributed by atoms with van der Waals surface area (Å²) in [7, 11) is 3.85. The minimum Gasteiger partial charge on any atom is -0.480 e. The van der Waals surface area contributed by atoms with Crippen LogP contribution in [0.1, 0.15) is 80.6 Å². The quantitative estimate of drug-likeness (QED) is 0.171. The number of hydrogen-bond acceptors (Lipinski definition) is 8. The number of fused-ring (bicyclic) bond motifs is 2. The molecular weight excluding hydrogens is 608 g/mol. The Morgan fingerprint density at radius 2 is 1.77 bits per heavy atom. The largest absolute Gasteiger partial charge is 0.480 e. The van der Waals surface area contributed by atoms with Crippen LogP contribution < -0.4 is 20.7 Å². The highest BCUT2D eigenvalue weighted by Crippen LogP contribution is 2.37. The van der Waals surface area contributed by atoms with Gasteiger partial charge < -0.3 is 20.3 Å². The van der Waals surface area contributed by atoms with E-state index in [4.69, 9.17) is 4.74 Å². The zero-order valence-electron chi connectivity index (χ0n) is 28.8. The van der Waals surface area contributed by atoms with Gasteiger partial charge in [-0.2, -0.15) is 0 Å². The number of carbonyl (C=O) groups excluding carboxylic acids is 3. The third-order valence-electron chi connectivity index (χ3n) is 8.07. The second kappa shape index (κ2) is 13.2. The van der Waals surface area contributed by atoms with Crippen molar-refractivity contribution >= 4 is 29.7 Å². The SMILES string of the molecule is CN(C)CCNC(=O)c1cc(C(C)(C)C)cc(NC(=O)N[C@@]2(C=O)C=C[C@@H](Oc3ccc4nnc(C(C)(C)C)n4c3)c3ccccc32)n1. The van der Waals surface area contributed by atoms with Crippen molar-refractivity contribution in [2.45, 2.75) is 64.0 Å². The average molecular weight is 653 g/mol. The Labute approximate surface area is 281 Å². The van der Waals surface area contributed by atoms with Crippen LogP contribution in [0.4, 0.5) is 10.6 Å². The number of hydrogen-bond donors (Lipinski definition) is 3. The molecule has 48 heavy (non-hydrogen) atoms. The van der Waals surface area contributed by atoms with Crippen molar-refractivity contribution in [1.29, 1.82) is 0 Å². The van der Waals surface area contributed by atoms with Crippen LogP contribution >= 0.6 is 0 Å². The highest BCUT2D eigenvalue weighted by atomic mass is 16.5. The molecule has 0 aliphatic heterocycles. The molecule has 0 bridgehead atoms. The maximum Gasteiger partial charge on any atom is 0.321 e. The molecule has 3 aromatic heterocycles. The van der Waals surface area contributed by atoms with E-state index in [1.54, 1.807) is 36.4 Å². The molecule has 252 valence electrons. The summed E-state index contributed by atoms with van der Waals surface area (Å²) >= 11 is 0. The maximum atomic E-state index is 13.5. The summed E-state index contributed by atoms with van der Waals surface area (Å²) in [5, 5.41) is 17.1. The zero-order valence-corrected chi connectivity index (χ0v) is 28.8. The number of pyridine rings is 2.